The normalized spacial score (nSPS) is 16.5. The fraction of sp³-hybridized carbons (Fsp3) is 0.750. The Kier molecular flexibility index (Phi) is 6.59. The quantitative estimate of drug-likeness (QED) is 0.400. The van der Waals surface area contributed by atoms with Crippen LogP contribution >= 0.6 is 0 Å². The average Bonchev–Trinajstić information content (AvgIpc) is 2.22. The van der Waals surface area contributed by atoms with Crippen LogP contribution in [-0.4, -0.2) is 54.9 Å². The number of aliphatic hydroxyl groups excluding tert-OH is 1. The number of carbonyl (C=O) groups is 2. The molecule has 0 saturated heterocycles. The van der Waals surface area contributed by atoms with Gasteiger partial charge in [0.15, 0.2) is 6.10 Å². The van der Waals surface area contributed by atoms with Gasteiger partial charge in [-0.2, -0.15) is 0 Å². The van der Waals surface area contributed by atoms with Crippen LogP contribution in [-0.2, 0) is 23.8 Å². The summed E-state index contributed by atoms with van der Waals surface area (Å²) in [6.07, 6.45) is -3.30. The van der Waals surface area contributed by atoms with Crippen LogP contribution in [0, 0.1) is 0 Å². The monoisotopic (exact) mass is 222 g/mol. The van der Waals surface area contributed by atoms with E-state index in [0.29, 0.717) is 0 Å². The Morgan fingerprint density at radius 1 is 1.53 bits per heavy atom. The molecular weight excluding hydrogens is 208 g/mol. The summed E-state index contributed by atoms with van der Waals surface area (Å²) in [5, 5.41) is 17.4. The molecule has 0 aromatic heterocycles. The van der Waals surface area contributed by atoms with E-state index in [1.54, 1.807) is 0 Å². The van der Waals surface area contributed by atoms with Gasteiger partial charge in [-0.15, -0.1) is 0 Å². The Balaban J connectivity index is 4.31. The Morgan fingerprint density at radius 2 is 2.13 bits per heavy atom. The second-order valence-corrected chi connectivity index (χ2v) is 2.67. The smallest absolute Gasteiger partial charge is 0.332 e. The van der Waals surface area contributed by atoms with Gasteiger partial charge in [0.1, 0.15) is 6.10 Å². The summed E-state index contributed by atoms with van der Waals surface area (Å²) >= 11 is 0. The van der Waals surface area contributed by atoms with Gasteiger partial charge in [-0.25, -0.2) is 4.79 Å². The number of aliphatic carboxylic acids is 1. The van der Waals surface area contributed by atoms with Crippen molar-refractivity contribution >= 4 is 12.4 Å². The third kappa shape index (κ3) is 4.73. The molecule has 7 heteroatoms. The fourth-order valence-corrected chi connectivity index (χ4v) is 0.863. The number of carboxylic acid groups (broad SMARTS) is 1. The number of carboxylic acids is 1. The first-order chi connectivity index (χ1) is 7.06. The molecule has 15 heavy (non-hydrogen) atoms. The van der Waals surface area contributed by atoms with Gasteiger partial charge < -0.3 is 24.4 Å². The first-order valence-corrected chi connectivity index (χ1v) is 4.17. The molecule has 7 nitrogen and oxygen atoms in total. The number of ether oxygens (including phenoxy) is 3. The summed E-state index contributed by atoms with van der Waals surface area (Å²) in [4.78, 5) is 20.5. The van der Waals surface area contributed by atoms with Gasteiger partial charge in [0.05, 0.1) is 6.61 Å². The molecule has 2 N–H and O–H groups in total. The molecule has 0 aliphatic heterocycles. The number of methoxy groups -OCH3 is 1. The predicted octanol–water partition coefficient (Wildman–Crippen LogP) is -1.02. The molecule has 0 rings (SSSR count). The third-order valence-corrected chi connectivity index (χ3v) is 1.63. The van der Waals surface area contributed by atoms with E-state index in [9.17, 15) is 9.59 Å². The summed E-state index contributed by atoms with van der Waals surface area (Å²) < 4.78 is 14.0. The highest BCUT2D eigenvalue weighted by Crippen LogP contribution is 2.07. The maximum absolute atomic E-state index is 10.5. The van der Waals surface area contributed by atoms with E-state index in [4.69, 9.17) is 19.7 Å². The average molecular weight is 222 g/mol. The number of carbonyl (C=O) groups excluding carboxylic acids is 1. The van der Waals surface area contributed by atoms with E-state index in [2.05, 4.69) is 4.74 Å². The van der Waals surface area contributed by atoms with Crippen molar-refractivity contribution in [2.75, 3.05) is 13.7 Å². The topological polar surface area (TPSA) is 102 Å². The molecule has 0 heterocycles. The van der Waals surface area contributed by atoms with Crippen LogP contribution in [0.5, 0.6) is 0 Å². The molecule has 0 aromatic carbocycles. The van der Waals surface area contributed by atoms with E-state index in [1.807, 2.05) is 0 Å². The van der Waals surface area contributed by atoms with Crippen molar-refractivity contribution < 1.29 is 34.0 Å². The van der Waals surface area contributed by atoms with Gasteiger partial charge in [0.2, 0.25) is 6.29 Å². The predicted molar refractivity (Wildman–Crippen MR) is 47.0 cm³/mol. The SMILES string of the molecule is COC(OC=O)C(CO)OC(C)C(=O)O. The van der Waals surface area contributed by atoms with Gasteiger partial charge in [0, 0.05) is 7.11 Å². The molecule has 0 fully saturated rings. The minimum absolute atomic E-state index is 0.131. The zero-order chi connectivity index (χ0) is 11.8. The lowest BCUT2D eigenvalue weighted by Crippen LogP contribution is -2.40. The van der Waals surface area contributed by atoms with Crippen LogP contribution in [0.1, 0.15) is 6.92 Å². The number of hydrogen-bond acceptors (Lipinski definition) is 6. The van der Waals surface area contributed by atoms with Crippen LogP contribution < -0.4 is 0 Å². The Hall–Kier alpha value is -1.18. The molecule has 0 aromatic rings. The van der Waals surface area contributed by atoms with Gasteiger partial charge in [-0.05, 0) is 6.92 Å². The summed E-state index contributed by atoms with van der Waals surface area (Å²) in [7, 11) is 1.24. The van der Waals surface area contributed by atoms with Crippen LogP contribution in [0.3, 0.4) is 0 Å². The third-order valence-electron chi connectivity index (χ3n) is 1.63. The second-order valence-electron chi connectivity index (χ2n) is 2.67. The molecule has 3 unspecified atom stereocenters. The number of hydrogen-bond donors (Lipinski definition) is 2. The highest BCUT2D eigenvalue weighted by molar-refractivity contribution is 5.71. The molecule has 0 radical (unpaired) electrons. The molecule has 0 aliphatic rings. The van der Waals surface area contributed by atoms with Crippen LogP contribution in [0.15, 0.2) is 0 Å². The number of aliphatic hydroxyl groups is 1. The molecule has 3 atom stereocenters. The van der Waals surface area contributed by atoms with E-state index in [0.717, 1.165) is 0 Å². The van der Waals surface area contributed by atoms with E-state index >= 15 is 0 Å². The Morgan fingerprint density at radius 3 is 2.47 bits per heavy atom. The van der Waals surface area contributed by atoms with Crippen molar-refractivity contribution in [1.29, 1.82) is 0 Å². The molecular formula is C8H14O7. The van der Waals surface area contributed by atoms with E-state index in [-0.39, 0.29) is 6.47 Å². The van der Waals surface area contributed by atoms with Crippen molar-refractivity contribution in [2.24, 2.45) is 0 Å². The molecule has 0 bridgehead atoms. The summed E-state index contributed by atoms with van der Waals surface area (Å²) in [6, 6.07) is 0. The fourth-order valence-electron chi connectivity index (χ4n) is 0.863. The second kappa shape index (κ2) is 7.16. The van der Waals surface area contributed by atoms with Crippen molar-refractivity contribution in [2.45, 2.75) is 25.4 Å². The van der Waals surface area contributed by atoms with Crippen molar-refractivity contribution in [3.05, 3.63) is 0 Å². The Labute approximate surface area is 86.5 Å². The molecule has 0 aliphatic carbocycles. The lowest BCUT2D eigenvalue weighted by Gasteiger charge is -2.24. The van der Waals surface area contributed by atoms with Gasteiger partial charge in [-0.3, -0.25) is 4.79 Å². The van der Waals surface area contributed by atoms with Crippen molar-refractivity contribution in [1.82, 2.24) is 0 Å². The maximum Gasteiger partial charge on any atom is 0.332 e. The summed E-state index contributed by atoms with van der Waals surface area (Å²) in [6.45, 7) is 0.897. The Bertz CT molecular complexity index is 205. The largest absolute Gasteiger partial charge is 0.479 e. The van der Waals surface area contributed by atoms with Gasteiger partial charge >= 0.3 is 5.97 Å². The van der Waals surface area contributed by atoms with E-state index < -0.39 is 31.1 Å². The lowest BCUT2D eigenvalue weighted by atomic mass is 10.3. The van der Waals surface area contributed by atoms with E-state index in [1.165, 1.54) is 14.0 Å². The minimum atomic E-state index is -1.19. The number of rotatable bonds is 8. The molecule has 88 valence electrons. The summed E-state index contributed by atoms with van der Waals surface area (Å²) in [5.41, 5.74) is 0. The standard InChI is InChI=1S/C8H14O7/c1-5(7(11)12)15-6(3-9)8(13-2)14-4-10/h4-6,8-9H,3H2,1-2H3,(H,11,12). The van der Waals surface area contributed by atoms with Crippen LogP contribution in [0.25, 0.3) is 0 Å². The minimum Gasteiger partial charge on any atom is -0.479 e. The molecule has 0 saturated carbocycles. The van der Waals surface area contributed by atoms with Crippen molar-refractivity contribution in [3.63, 3.8) is 0 Å². The van der Waals surface area contributed by atoms with Crippen LogP contribution in [0.4, 0.5) is 0 Å². The highest BCUT2D eigenvalue weighted by atomic mass is 16.7. The first kappa shape index (κ1) is 13.8. The molecule has 0 amide bonds. The summed E-state index contributed by atoms with van der Waals surface area (Å²) in [5.74, 6) is -1.19. The maximum atomic E-state index is 10.5. The zero-order valence-corrected chi connectivity index (χ0v) is 8.45. The van der Waals surface area contributed by atoms with Crippen molar-refractivity contribution in [3.8, 4) is 0 Å². The van der Waals surface area contributed by atoms with Gasteiger partial charge in [-0.1, -0.05) is 0 Å². The van der Waals surface area contributed by atoms with Crippen LogP contribution in [0.2, 0.25) is 0 Å². The zero-order valence-electron chi connectivity index (χ0n) is 8.45. The highest BCUT2D eigenvalue weighted by Gasteiger charge is 2.27. The van der Waals surface area contributed by atoms with Gasteiger partial charge in [0.25, 0.3) is 6.47 Å². The first-order valence-electron chi connectivity index (χ1n) is 4.17. The lowest BCUT2D eigenvalue weighted by molar-refractivity contribution is -0.209. The molecule has 0 spiro atoms.